The van der Waals surface area contributed by atoms with E-state index >= 15 is 0 Å². The molecule has 2 aliphatic rings. The van der Waals surface area contributed by atoms with Crippen LogP contribution < -0.4 is 21.3 Å². The number of benzene rings is 4. The van der Waals surface area contributed by atoms with E-state index in [0.717, 1.165) is 70.7 Å². The minimum absolute atomic E-state index is 0.434. The second-order valence-corrected chi connectivity index (χ2v) is 8.86. The summed E-state index contributed by atoms with van der Waals surface area (Å²) in [6, 6.07) is 30.8. The number of primary amides is 2. The van der Waals surface area contributed by atoms with Gasteiger partial charge in [-0.25, -0.2) is 9.59 Å². The van der Waals surface area contributed by atoms with E-state index in [1.807, 2.05) is 72.8 Å². The van der Waals surface area contributed by atoms with Crippen molar-refractivity contribution < 1.29 is 9.59 Å². The predicted octanol–water partition coefficient (Wildman–Crippen LogP) is 6.00. The van der Waals surface area contributed by atoms with Crippen LogP contribution in [0.15, 0.2) is 97.1 Å². The fraction of sp³-hybridized carbons (Fsp3) is 0.133. The highest BCUT2D eigenvalue weighted by Crippen LogP contribution is 2.36. The molecule has 0 saturated carbocycles. The van der Waals surface area contributed by atoms with E-state index in [2.05, 4.69) is 24.3 Å². The van der Waals surface area contributed by atoms with Gasteiger partial charge in [-0.05, 0) is 72.2 Å². The van der Waals surface area contributed by atoms with Crippen LogP contribution in [0.5, 0.6) is 0 Å². The standard InChI is InChI=1S/2C15H14N2O/c2*16-15(18)17-13-7-3-1-5-11(13)9-10-12-6-2-4-8-14(12)17/h2*1-8H,9-10H2,(H2,16,18). The fourth-order valence-electron chi connectivity index (χ4n) is 5.03. The molecule has 6 heteroatoms. The van der Waals surface area contributed by atoms with Gasteiger partial charge in [0.1, 0.15) is 0 Å². The van der Waals surface area contributed by atoms with Crippen molar-refractivity contribution in [3.8, 4) is 0 Å². The Hall–Kier alpha value is -4.58. The van der Waals surface area contributed by atoms with Crippen molar-refractivity contribution in [2.45, 2.75) is 25.7 Å². The van der Waals surface area contributed by atoms with Gasteiger partial charge in [-0.15, -0.1) is 0 Å². The third-order valence-electron chi connectivity index (χ3n) is 6.70. The molecule has 0 unspecified atom stereocenters. The molecule has 2 heterocycles. The van der Waals surface area contributed by atoms with Crippen molar-refractivity contribution in [2.24, 2.45) is 11.5 Å². The molecule has 0 spiro atoms. The molecule has 0 aliphatic carbocycles. The molecule has 0 fully saturated rings. The van der Waals surface area contributed by atoms with Gasteiger partial charge in [0.2, 0.25) is 0 Å². The Labute approximate surface area is 210 Å². The number of fused-ring (bicyclic) bond motifs is 4. The summed E-state index contributed by atoms with van der Waals surface area (Å²) in [6.07, 6.45) is 3.71. The number of rotatable bonds is 0. The minimum Gasteiger partial charge on any atom is -0.351 e. The van der Waals surface area contributed by atoms with Crippen molar-refractivity contribution in [3.63, 3.8) is 0 Å². The molecule has 4 aromatic rings. The molecule has 6 rings (SSSR count). The summed E-state index contributed by atoms with van der Waals surface area (Å²) < 4.78 is 0. The largest absolute Gasteiger partial charge is 0.351 e. The molecule has 0 saturated heterocycles. The smallest absolute Gasteiger partial charge is 0.323 e. The van der Waals surface area contributed by atoms with Gasteiger partial charge in [0.15, 0.2) is 0 Å². The van der Waals surface area contributed by atoms with Crippen LogP contribution in [0.25, 0.3) is 0 Å². The maximum atomic E-state index is 11.8. The second-order valence-electron chi connectivity index (χ2n) is 8.86. The summed E-state index contributed by atoms with van der Waals surface area (Å²) in [4.78, 5) is 26.8. The van der Waals surface area contributed by atoms with Gasteiger partial charge >= 0.3 is 12.1 Å². The minimum atomic E-state index is -0.434. The van der Waals surface area contributed by atoms with Crippen LogP contribution in [-0.4, -0.2) is 12.1 Å². The third kappa shape index (κ3) is 4.41. The Kier molecular flexibility index (Phi) is 6.41. The molecule has 4 aromatic carbocycles. The van der Waals surface area contributed by atoms with Crippen LogP contribution in [0.3, 0.4) is 0 Å². The number of hydrogen-bond donors (Lipinski definition) is 2. The number of aryl methyl sites for hydroxylation is 4. The van der Waals surface area contributed by atoms with Crippen LogP contribution in [0.1, 0.15) is 22.3 Å². The summed E-state index contributed by atoms with van der Waals surface area (Å²) in [5.41, 5.74) is 19.3. The lowest BCUT2D eigenvalue weighted by Gasteiger charge is -2.22. The Morgan fingerprint density at radius 3 is 0.889 bits per heavy atom. The molecule has 6 nitrogen and oxygen atoms in total. The highest BCUT2D eigenvalue weighted by molar-refractivity contribution is 6.01. The van der Waals surface area contributed by atoms with E-state index in [-0.39, 0.29) is 0 Å². The van der Waals surface area contributed by atoms with Crippen molar-refractivity contribution >= 4 is 34.8 Å². The highest BCUT2D eigenvalue weighted by Gasteiger charge is 2.24. The number of anilines is 4. The van der Waals surface area contributed by atoms with Gasteiger partial charge in [-0.1, -0.05) is 72.8 Å². The maximum absolute atomic E-state index is 11.8. The molecular formula is C30H28N4O2. The lowest BCUT2D eigenvalue weighted by molar-refractivity contribution is 0.255. The lowest BCUT2D eigenvalue weighted by Crippen LogP contribution is -2.32. The molecule has 4 amide bonds. The zero-order valence-electron chi connectivity index (χ0n) is 19.9. The average molecular weight is 477 g/mol. The SMILES string of the molecule is NC(=O)N1c2ccccc2CCc2ccccc21.NC(=O)N1c2ccccc2CCc2ccccc21. The quantitative estimate of drug-likeness (QED) is 0.326. The first-order chi connectivity index (χ1) is 17.5. The van der Waals surface area contributed by atoms with E-state index in [1.165, 1.54) is 0 Å². The van der Waals surface area contributed by atoms with E-state index in [4.69, 9.17) is 11.5 Å². The molecule has 4 N–H and O–H groups in total. The summed E-state index contributed by atoms with van der Waals surface area (Å²) in [5.74, 6) is 0. The van der Waals surface area contributed by atoms with Gasteiger partial charge in [-0.2, -0.15) is 0 Å². The van der Waals surface area contributed by atoms with Crippen LogP contribution in [-0.2, 0) is 25.7 Å². The number of nitrogens with zero attached hydrogens (tertiary/aromatic N) is 2. The summed E-state index contributed by atoms with van der Waals surface area (Å²) in [7, 11) is 0. The van der Waals surface area contributed by atoms with E-state index in [1.54, 1.807) is 9.80 Å². The first-order valence-electron chi connectivity index (χ1n) is 12.1. The van der Waals surface area contributed by atoms with Gasteiger partial charge in [0.05, 0.1) is 22.7 Å². The number of nitrogens with two attached hydrogens (primary N) is 2. The van der Waals surface area contributed by atoms with E-state index < -0.39 is 12.1 Å². The van der Waals surface area contributed by atoms with Crippen LogP contribution in [0, 0.1) is 0 Å². The number of carbonyl (C=O) groups excluding carboxylic acids is 2. The van der Waals surface area contributed by atoms with Crippen molar-refractivity contribution in [1.29, 1.82) is 0 Å². The monoisotopic (exact) mass is 476 g/mol. The number of carbonyl (C=O) groups is 2. The van der Waals surface area contributed by atoms with E-state index in [0.29, 0.717) is 0 Å². The normalized spacial score (nSPS) is 13.4. The van der Waals surface area contributed by atoms with Gasteiger partial charge < -0.3 is 11.5 Å². The fourth-order valence-corrected chi connectivity index (χ4v) is 5.03. The summed E-state index contributed by atoms with van der Waals surface area (Å²) >= 11 is 0. The van der Waals surface area contributed by atoms with Gasteiger partial charge in [0, 0.05) is 0 Å². The van der Waals surface area contributed by atoms with Gasteiger partial charge in [0.25, 0.3) is 0 Å². The van der Waals surface area contributed by atoms with Crippen molar-refractivity contribution in [2.75, 3.05) is 9.80 Å². The summed E-state index contributed by atoms with van der Waals surface area (Å²) in [6.45, 7) is 0. The van der Waals surface area contributed by atoms with Gasteiger partial charge in [-0.3, -0.25) is 9.80 Å². The van der Waals surface area contributed by atoms with Crippen LogP contribution in [0.2, 0.25) is 0 Å². The Balaban J connectivity index is 0.000000148. The molecule has 0 radical (unpaired) electrons. The Bertz CT molecular complexity index is 1230. The molecule has 0 aromatic heterocycles. The molecule has 0 bridgehead atoms. The highest BCUT2D eigenvalue weighted by atomic mass is 16.2. The first kappa shape index (κ1) is 23.2. The maximum Gasteiger partial charge on any atom is 0.323 e. The van der Waals surface area contributed by atoms with Crippen LogP contribution in [0.4, 0.5) is 32.3 Å². The number of hydrogen-bond acceptors (Lipinski definition) is 2. The predicted molar refractivity (Wildman–Crippen MR) is 144 cm³/mol. The molecular weight excluding hydrogens is 448 g/mol. The first-order valence-corrected chi connectivity index (χ1v) is 12.1. The van der Waals surface area contributed by atoms with E-state index in [9.17, 15) is 9.59 Å². The van der Waals surface area contributed by atoms with Crippen molar-refractivity contribution in [1.82, 2.24) is 0 Å². The topological polar surface area (TPSA) is 92.7 Å². The average Bonchev–Trinajstić information content (AvgIpc) is 3.17. The number of amides is 4. The lowest BCUT2D eigenvalue weighted by atomic mass is 10.0. The Morgan fingerprint density at radius 1 is 0.444 bits per heavy atom. The second kappa shape index (κ2) is 9.96. The molecule has 180 valence electrons. The molecule has 36 heavy (non-hydrogen) atoms. The van der Waals surface area contributed by atoms with Crippen LogP contribution >= 0.6 is 0 Å². The number of urea groups is 2. The molecule has 0 atom stereocenters. The number of para-hydroxylation sites is 4. The van der Waals surface area contributed by atoms with Crippen molar-refractivity contribution in [3.05, 3.63) is 119 Å². The zero-order valence-corrected chi connectivity index (χ0v) is 19.9. The zero-order chi connectivity index (χ0) is 25.1. The Morgan fingerprint density at radius 2 is 0.667 bits per heavy atom. The summed E-state index contributed by atoms with van der Waals surface area (Å²) in [5, 5.41) is 0. The molecule has 2 aliphatic heterocycles. The third-order valence-corrected chi connectivity index (χ3v) is 6.70.